The second-order valence-electron chi connectivity index (χ2n) is 3.98. The summed E-state index contributed by atoms with van der Waals surface area (Å²) >= 11 is 0. The van der Waals surface area contributed by atoms with Gasteiger partial charge < -0.3 is 19.9 Å². The predicted octanol–water partition coefficient (Wildman–Crippen LogP) is 1.39. The lowest BCUT2D eigenvalue weighted by Crippen LogP contribution is -2.11. The maximum absolute atomic E-state index is 12.1. The van der Waals surface area contributed by atoms with Crippen LogP contribution >= 0.6 is 0 Å². The lowest BCUT2D eigenvalue weighted by molar-refractivity contribution is 0.0978. The fraction of sp³-hybridized carbons (Fsp3) is 0.462. The number of carbonyl (C=O) groups excluding carboxylic acids is 1. The Kier molecular flexibility index (Phi) is 4.04. The standard InChI is InChI=1S/C13H17NO4/c1-16-10-3-4-11-13(18-8-2-7-17-11)12(10)9(15)5-6-14/h3-4H,2,5-8,14H2,1H3. The molecule has 0 aliphatic carbocycles. The van der Waals surface area contributed by atoms with E-state index in [1.165, 1.54) is 7.11 Å². The molecule has 0 spiro atoms. The molecule has 0 fully saturated rings. The number of rotatable bonds is 4. The largest absolute Gasteiger partial charge is 0.496 e. The van der Waals surface area contributed by atoms with Crippen LogP contribution in [0.25, 0.3) is 0 Å². The number of carbonyl (C=O) groups is 1. The molecule has 0 amide bonds. The SMILES string of the molecule is COc1ccc2c(c1C(=O)CCN)OCCCO2. The number of hydrogen-bond acceptors (Lipinski definition) is 5. The van der Waals surface area contributed by atoms with E-state index in [4.69, 9.17) is 19.9 Å². The van der Waals surface area contributed by atoms with Gasteiger partial charge in [-0.15, -0.1) is 0 Å². The Morgan fingerprint density at radius 2 is 2.17 bits per heavy atom. The number of Topliss-reactive ketones (excluding diaryl/α,β-unsaturated/α-hetero) is 1. The smallest absolute Gasteiger partial charge is 0.175 e. The van der Waals surface area contributed by atoms with Crippen LogP contribution in [0.3, 0.4) is 0 Å². The zero-order chi connectivity index (χ0) is 13.0. The van der Waals surface area contributed by atoms with Crippen molar-refractivity contribution in [1.29, 1.82) is 0 Å². The molecule has 1 aromatic rings. The Balaban J connectivity index is 2.48. The van der Waals surface area contributed by atoms with Gasteiger partial charge in [0, 0.05) is 12.8 Å². The molecular formula is C13H17NO4. The molecule has 0 saturated heterocycles. The van der Waals surface area contributed by atoms with Crippen molar-refractivity contribution in [2.45, 2.75) is 12.8 Å². The number of benzene rings is 1. The Hall–Kier alpha value is -1.75. The van der Waals surface area contributed by atoms with Gasteiger partial charge in [0.1, 0.15) is 11.3 Å². The molecule has 0 aromatic heterocycles. The molecule has 2 rings (SSSR count). The normalized spacial score (nSPS) is 13.9. The average Bonchev–Trinajstić information content (AvgIpc) is 2.62. The molecule has 0 atom stereocenters. The van der Waals surface area contributed by atoms with E-state index in [0.29, 0.717) is 42.6 Å². The van der Waals surface area contributed by atoms with Gasteiger partial charge in [-0.1, -0.05) is 0 Å². The lowest BCUT2D eigenvalue weighted by atomic mass is 10.0. The zero-order valence-corrected chi connectivity index (χ0v) is 10.4. The highest BCUT2D eigenvalue weighted by Crippen LogP contribution is 2.39. The van der Waals surface area contributed by atoms with Crippen LogP contribution in [0.4, 0.5) is 0 Å². The van der Waals surface area contributed by atoms with E-state index >= 15 is 0 Å². The van der Waals surface area contributed by atoms with Crippen molar-refractivity contribution < 1.29 is 19.0 Å². The van der Waals surface area contributed by atoms with Gasteiger partial charge in [0.2, 0.25) is 0 Å². The summed E-state index contributed by atoms with van der Waals surface area (Å²) in [6.07, 6.45) is 1.05. The van der Waals surface area contributed by atoms with E-state index in [9.17, 15) is 4.79 Å². The number of hydrogen-bond donors (Lipinski definition) is 1. The van der Waals surface area contributed by atoms with Gasteiger partial charge in [-0.05, 0) is 18.7 Å². The molecule has 1 heterocycles. The van der Waals surface area contributed by atoms with Crippen LogP contribution in [-0.2, 0) is 0 Å². The number of methoxy groups -OCH3 is 1. The lowest BCUT2D eigenvalue weighted by Gasteiger charge is -2.14. The van der Waals surface area contributed by atoms with E-state index in [2.05, 4.69) is 0 Å². The van der Waals surface area contributed by atoms with Crippen molar-refractivity contribution in [3.05, 3.63) is 17.7 Å². The van der Waals surface area contributed by atoms with E-state index in [1.54, 1.807) is 12.1 Å². The first-order chi connectivity index (χ1) is 8.77. The molecule has 0 bridgehead atoms. The fourth-order valence-corrected chi connectivity index (χ4v) is 1.91. The topological polar surface area (TPSA) is 70.8 Å². The van der Waals surface area contributed by atoms with Crippen molar-refractivity contribution in [1.82, 2.24) is 0 Å². The number of fused-ring (bicyclic) bond motifs is 1. The minimum absolute atomic E-state index is 0.0864. The average molecular weight is 251 g/mol. The van der Waals surface area contributed by atoms with Crippen LogP contribution in [-0.4, -0.2) is 32.7 Å². The van der Waals surface area contributed by atoms with Crippen LogP contribution in [0.5, 0.6) is 17.2 Å². The Morgan fingerprint density at radius 3 is 2.89 bits per heavy atom. The summed E-state index contributed by atoms with van der Waals surface area (Å²) in [6, 6.07) is 3.48. The number of ether oxygens (including phenoxy) is 3. The van der Waals surface area contributed by atoms with Crippen LogP contribution in [0.1, 0.15) is 23.2 Å². The van der Waals surface area contributed by atoms with Crippen LogP contribution in [0, 0.1) is 0 Å². The molecule has 98 valence electrons. The minimum atomic E-state index is -0.0864. The van der Waals surface area contributed by atoms with Crippen molar-refractivity contribution in [3.8, 4) is 17.2 Å². The Morgan fingerprint density at radius 1 is 1.39 bits per heavy atom. The Bertz CT molecular complexity index is 445. The third-order valence-corrected chi connectivity index (χ3v) is 2.75. The summed E-state index contributed by atoms with van der Waals surface area (Å²) in [5.74, 6) is 1.48. The third-order valence-electron chi connectivity index (χ3n) is 2.75. The van der Waals surface area contributed by atoms with Crippen molar-refractivity contribution in [2.75, 3.05) is 26.9 Å². The summed E-state index contributed by atoms with van der Waals surface area (Å²) < 4.78 is 16.4. The quantitative estimate of drug-likeness (QED) is 0.819. The number of ketones is 1. The summed E-state index contributed by atoms with van der Waals surface area (Å²) in [6.45, 7) is 1.42. The van der Waals surface area contributed by atoms with E-state index < -0.39 is 0 Å². The van der Waals surface area contributed by atoms with Gasteiger partial charge in [0.25, 0.3) is 0 Å². The van der Waals surface area contributed by atoms with Crippen molar-refractivity contribution in [3.63, 3.8) is 0 Å². The minimum Gasteiger partial charge on any atom is -0.496 e. The molecule has 18 heavy (non-hydrogen) atoms. The first kappa shape index (κ1) is 12.7. The van der Waals surface area contributed by atoms with Crippen molar-refractivity contribution in [2.24, 2.45) is 5.73 Å². The molecule has 0 radical (unpaired) electrons. The summed E-state index contributed by atoms with van der Waals surface area (Å²) in [5.41, 5.74) is 5.86. The van der Waals surface area contributed by atoms with E-state index in [1.807, 2.05) is 0 Å². The molecular weight excluding hydrogens is 234 g/mol. The third kappa shape index (κ3) is 2.41. The maximum Gasteiger partial charge on any atom is 0.175 e. The fourth-order valence-electron chi connectivity index (χ4n) is 1.91. The highest BCUT2D eigenvalue weighted by atomic mass is 16.5. The van der Waals surface area contributed by atoms with Gasteiger partial charge in [0.05, 0.1) is 20.3 Å². The van der Waals surface area contributed by atoms with Gasteiger partial charge in [0.15, 0.2) is 17.3 Å². The molecule has 0 unspecified atom stereocenters. The zero-order valence-electron chi connectivity index (χ0n) is 10.4. The second-order valence-corrected chi connectivity index (χ2v) is 3.98. The Labute approximate surface area is 106 Å². The van der Waals surface area contributed by atoms with E-state index in [0.717, 1.165) is 6.42 Å². The highest BCUT2D eigenvalue weighted by Gasteiger charge is 2.23. The number of nitrogens with two attached hydrogens (primary N) is 1. The first-order valence-electron chi connectivity index (χ1n) is 5.97. The molecule has 1 aromatic carbocycles. The van der Waals surface area contributed by atoms with Crippen LogP contribution in [0.2, 0.25) is 0 Å². The van der Waals surface area contributed by atoms with Gasteiger partial charge in [-0.2, -0.15) is 0 Å². The highest BCUT2D eigenvalue weighted by molar-refractivity contribution is 6.02. The summed E-state index contributed by atoms with van der Waals surface area (Å²) in [7, 11) is 1.53. The first-order valence-corrected chi connectivity index (χ1v) is 5.97. The summed E-state index contributed by atoms with van der Waals surface area (Å²) in [5, 5.41) is 0. The summed E-state index contributed by atoms with van der Waals surface area (Å²) in [4.78, 5) is 12.1. The molecule has 1 aliphatic heterocycles. The molecule has 0 saturated carbocycles. The van der Waals surface area contributed by atoms with Crippen LogP contribution in [0.15, 0.2) is 12.1 Å². The molecule has 1 aliphatic rings. The van der Waals surface area contributed by atoms with Gasteiger partial charge in [-0.25, -0.2) is 0 Å². The molecule has 5 nitrogen and oxygen atoms in total. The van der Waals surface area contributed by atoms with Crippen LogP contribution < -0.4 is 19.9 Å². The van der Waals surface area contributed by atoms with Crippen molar-refractivity contribution >= 4 is 5.78 Å². The second kappa shape index (κ2) is 5.73. The predicted molar refractivity (Wildman–Crippen MR) is 66.6 cm³/mol. The molecule has 5 heteroatoms. The maximum atomic E-state index is 12.1. The molecule has 2 N–H and O–H groups in total. The monoisotopic (exact) mass is 251 g/mol. The van der Waals surface area contributed by atoms with E-state index in [-0.39, 0.29) is 12.2 Å². The van der Waals surface area contributed by atoms with Gasteiger partial charge in [-0.3, -0.25) is 4.79 Å². The van der Waals surface area contributed by atoms with Gasteiger partial charge >= 0.3 is 0 Å².